The lowest BCUT2D eigenvalue weighted by molar-refractivity contribution is 0.0947. The lowest BCUT2D eigenvalue weighted by Gasteiger charge is -2.12. The average Bonchev–Trinajstić information content (AvgIpc) is 2.75. The molecule has 1 aromatic carbocycles. The van der Waals surface area contributed by atoms with Crippen molar-refractivity contribution in [3.05, 3.63) is 29.3 Å². The van der Waals surface area contributed by atoms with Gasteiger partial charge in [-0.25, -0.2) is 0 Å². The molecular weight excluding hydrogens is 226 g/mol. The van der Waals surface area contributed by atoms with Crippen LogP contribution in [-0.4, -0.2) is 37.5 Å². The summed E-state index contributed by atoms with van der Waals surface area (Å²) in [4.78, 5) is 14.3. The third kappa shape index (κ3) is 3.01. The SMILES string of the molecule is Cc1cc(C(=O)NCC2CCN(C)C2)ccc1N. The number of rotatable bonds is 3. The highest BCUT2D eigenvalue weighted by atomic mass is 16.1. The summed E-state index contributed by atoms with van der Waals surface area (Å²) in [7, 11) is 2.12. The van der Waals surface area contributed by atoms with Crippen molar-refractivity contribution < 1.29 is 4.79 Å². The van der Waals surface area contributed by atoms with Gasteiger partial charge in [-0.1, -0.05) is 0 Å². The summed E-state index contributed by atoms with van der Waals surface area (Å²) in [6.45, 7) is 4.87. The lowest BCUT2D eigenvalue weighted by atomic mass is 10.1. The molecule has 3 N–H and O–H groups in total. The molecule has 98 valence electrons. The molecule has 0 saturated carbocycles. The number of aryl methyl sites for hydroxylation is 1. The van der Waals surface area contributed by atoms with E-state index in [4.69, 9.17) is 5.73 Å². The van der Waals surface area contributed by atoms with Crippen molar-refractivity contribution >= 4 is 11.6 Å². The van der Waals surface area contributed by atoms with Crippen LogP contribution >= 0.6 is 0 Å². The van der Waals surface area contributed by atoms with Crippen LogP contribution in [0.4, 0.5) is 5.69 Å². The highest BCUT2D eigenvalue weighted by Gasteiger charge is 2.20. The zero-order valence-corrected chi connectivity index (χ0v) is 11.1. The third-order valence-electron chi connectivity index (χ3n) is 3.57. The average molecular weight is 247 g/mol. The number of hydrogen-bond donors (Lipinski definition) is 2. The van der Waals surface area contributed by atoms with Crippen LogP contribution in [0.25, 0.3) is 0 Å². The summed E-state index contributed by atoms with van der Waals surface area (Å²) < 4.78 is 0. The third-order valence-corrected chi connectivity index (χ3v) is 3.57. The molecule has 18 heavy (non-hydrogen) atoms. The summed E-state index contributed by atoms with van der Waals surface area (Å²) in [5.74, 6) is 0.571. The Balaban J connectivity index is 1.89. The minimum Gasteiger partial charge on any atom is -0.399 e. The van der Waals surface area contributed by atoms with E-state index in [9.17, 15) is 4.79 Å². The first-order chi connectivity index (χ1) is 8.56. The fraction of sp³-hybridized carbons (Fsp3) is 0.500. The molecular formula is C14H21N3O. The highest BCUT2D eigenvalue weighted by molar-refractivity contribution is 5.94. The molecule has 0 bridgehead atoms. The topological polar surface area (TPSA) is 58.4 Å². The normalized spacial score (nSPS) is 20.0. The predicted molar refractivity (Wildman–Crippen MR) is 73.5 cm³/mol. The number of benzene rings is 1. The van der Waals surface area contributed by atoms with Crippen LogP contribution in [0.3, 0.4) is 0 Å². The number of carbonyl (C=O) groups is 1. The second-order valence-electron chi connectivity index (χ2n) is 5.20. The summed E-state index contributed by atoms with van der Waals surface area (Å²) in [6, 6.07) is 5.40. The number of carbonyl (C=O) groups excluding carboxylic acids is 1. The van der Waals surface area contributed by atoms with E-state index in [1.807, 2.05) is 13.0 Å². The van der Waals surface area contributed by atoms with Gasteiger partial charge in [-0.3, -0.25) is 4.79 Å². The molecule has 1 amide bonds. The standard InChI is InChI=1S/C14H21N3O/c1-10-7-12(3-4-13(10)15)14(18)16-8-11-5-6-17(2)9-11/h3-4,7,11H,5-6,8-9,15H2,1-2H3,(H,16,18). The second-order valence-corrected chi connectivity index (χ2v) is 5.20. The molecule has 0 aromatic heterocycles. The van der Waals surface area contributed by atoms with E-state index in [2.05, 4.69) is 17.3 Å². The smallest absolute Gasteiger partial charge is 0.251 e. The molecule has 4 heteroatoms. The number of anilines is 1. The zero-order chi connectivity index (χ0) is 13.1. The minimum atomic E-state index is -0.00680. The first-order valence-electron chi connectivity index (χ1n) is 6.39. The molecule has 1 aromatic rings. The van der Waals surface area contributed by atoms with Crippen LogP contribution in [0, 0.1) is 12.8 Å². The summed E-state index contributed by atoms with van der Waals surface area (Å²) in [5.41, 5.74) is 8.10. The second kappa shape index (κ2) is 5.40. The van der Waals surface area contributed by atoms with Gasteiger partial charge < -0.3 is 16.0 Å². The van der Waals surface area contributed by atoms with Crippen molar-refractivity contribution in [2.24, 2.45) is 5.92 Å². The molecule has 1 aliphatic heterocycles. The molecule has 1 atom stereocenters. The number of nitrogen functional groups attached to an aromatic ring is 1. The largest absolute Gasteiger partial charge is 0.399 e. The monoisotopic (exact) mass is 247 g/mol. The van der Waals surface area contributed by atoms with E-state index < -0.39 is 0 Å². The van der Waals surface area contributed by atoms with Crippen LogP contribution in [0.15, 0.2) is 18.2 Å². The maximum Gasteiger partial charge on any atom is 0.251 e. The summed E-state index contributed by atoms with van der Waals surface area (Å²) in [6.07, 6.45) is 1.16. The molecule has 0 aliphatic carbocycles. The predicted octanol–water partition coefficient (Wildman–Crippen LogP) is 1.26. The Labute approximate surface area is 108 Å². The van der Waals surface area contributed by atoms with Crippen LogP contribution in [-0.2, 0) is 0 Å². The Morgan fingerprint density at radius 3 is 2.94 bits per heavy atom. The number of nitrogens with one attached hydrogen (secondary N) is 1. The maximum atomic E-state index is 12.0. The van der Waals surface area contributed by atoms with E-state index in [0.717, 1.165) is 37.3 Å². The Morgan fingerprint density at radius 2 is 2.33 bits per heavy atom. The number of nitrogens with two attached hydrogens (primary N) is 1. The van der Waals surface area contributed by atoms with Gasteiger partial charge in [-0.2, -0.15) is 0 Å². The minimum absolute atomic E-state index is 0.00680. The van der Waals surface area contributed by atoms with Crippen molar-refractivity contribution in [3.8, 4) is 0 Å². The van der Waals surface area contributed by atoms with Crippen molar-refractivity contribution in [2.75, 3.05) is 32.4 Å². The van der Waals surface area contributed by atoms with Gasteiger partial charge in [0.2, 0.25) is 0 Å². The van der Waals surface area contributed by atoms with Crippen molar-refractivity contribution in [1.29, 1.82) is 0 Å². The highest BCUT2D eigenvalue weighted by Crippen LogP contribution is 2.14. The molecule has 0 spiro atoms. The lowest BCUT2D eigenvalue weighted by Crippen LogP contribution is -2.30. The zero-order valence-electron chi connectivity index (χ0n) is 11.1. The van der Waals surface area contributed by atoms with Gasteiger partial charge >= 0.3 is 0 Å². The van der Waals surface area contributed by atoms with Crippen LogP contribution in [0.5, 0.6) is 0 Å². The van der Waals surface area contributed by atoms with E-state index in [1.165, 1.54) is 0 Å². The van der Waals surface area contributed by atoms with Gasteiger partial charge in [-0.15, -0.1) is 0 Å². The Bertz CT molecular complexity index is 445. The summed E-state index contributed by atoms with van der Waals surface area (Å²) >= 11 is 0. The Morgan fingerprint density at radius 1 is 1.56 bits per heavy atom. The van der Waals surface area contributed by atoms with Gasteiger partial charge in [-0.05, 0) is 56.6 Å². The molecule has 1 unspecified atom stereocenters. The number of likely N-dealkylation sites (tertiary alicyclic amines) is 1. The molecule has 1 saturated heterocycles. The molecule has 2 rings (SSSR count). The van der Waals surface area contributed by atoms with Crippen LogP contribution in [0.2, 0.25) is 0 Å². The van der Waals surface area contributed by atoms with E-state index in [0.29, 0.717) is 11.5 Å². The van der Waals surface area contributed by atoms with Crippen molar-refractivity contribution in [3.63, 3.8) is 0 Å². The van der Waals surface area contributed by atoms with Crippen LogP contribution < -0.4 is 11.1 Å². The quantitative estimate of drug-likeness (QED) is 0.791. The fourth-order valence-corrected chi connectivity index (χ4v) is 2.35. The van der Waals surface area contributed by atoms with Crippen molar-refractivity contribution in [2.45, 2.75) is 13.3 Å². The first-order valence-corrected chi connectivity index (χ1v) is 6.39. The van der Waals surface area contributed by atoms with Gasteiger partial charge in [0, 0.05) is 24.3 Å². The Kier molecular flexibility index (Phi) is 3.87. The van der Waals surface area contributed by atoms with Gasteiger partial charge in [0.25, 0.3) is 5.91 Å². The van der Waals surface area contributed by atoms with Gasteiger partial charge in [0.05, 0.1) is 0 Å². The molecule has 1 aliphatic rings. The van der Waals surface area contributed by atoms with E-state index in [-0.39, 0.29) is 5.91 Å². The van der Waals surface area contributed by atoms with Crippen molar-refractivity contribution in [1.82, 2.24) is 10.2 Å². The first kappa shape index (κ1) is 12.9. The Hall–Kier alpha value is -1.55. The molecule has 4 nitrogen and oxygen atoms in total. The number of amides is 1. The van der Waals surface area contributed by atoms with E-state index >= 15 is 0 Å². The van der Waals surface area contributed by atoms with Crippen LogP contribution in [0.1, 0.15) is 22.3 Å². The molecule has 1 fully saturated rings. The molecule has 1 heterocycles. The number of hydrogen-bond acceptors (Lipinski definition) is 3. The summed E-state index contributed by atoms with van der Waals surface area (Å²) in [5, 5.41) is 3.00. The van der Waals surface area contributed by atoms with Gasteiger partial charge in [0.15, 0.2) is 0 Å². The number of nitrogens with zero attached hydrogens (tertiary/aromatic N) is 1. The fourth-order valence-electron chi connectivity index (χ4n) is 2.35. The van der Waals surface area contributed by atoms with Gasteiger partial charge in [0.1, 0.15) is 0 Å². The maximum absolute atomic E-state index is 12.0. The van der Waals surface area contributed by atoms with E-state index in [1.54, 1.807) is 12.1 Å². The molecule has 0 radical (unpaired) electrons.